The zero-order valence-corrected chi connectivity index (χ0v) is 17.9. The van der Waals surface area contributed by atoms with Gasteiger partial charge in [0.15, 0.2) is 0 Å². The van der Waals surface area contributed by atoms with Gasteiger partial charge < -0.3 is 4.74 Å². The molecule has 2 rings (SSSR count). The van der Waals surface area contributed by atoms with E-state index in [0.717, 1.165) is 43.6 Å². The highest BCUT2D eigenvalue weighted by molar-refractivity contribution is 6.03. The van der Waals surface area contributed by atoms with Gasteiger partial charge in [-0.05, 0) is 42.9 Å². The summed E-state index contributed by atoms with van der Waals surface area (Å²) < 4.78 is 5.81. The summed E-state index contributed by atoms with van der Waals surface area (Å²) in [6.45, 7) is 5.12. The van der Waals surface area contributed by atoms with Gasteiger partial charge in [-0.3, -0.25) is 9.59 Å². The molecule has 0 bridgehead atoms. The van der Waals surface area contributed by atoms with E-state index in [1.54, 1.807) is 0 Å². The highest BCUT2D eigenvalue weighted by Crippen LogP contribution is 2.29. The molecule has 3 nitrogen and oxygen atoms in total. The predicted octanol–water partition coefficient (Wildman–Crippen LogP) is 6.32. The van der Waals surface area contributed by atoms with E-state index in [4.69, 9.17) is 4.74 Å². The Kier molecular flexibility index (Phi) is 10.3. The molecule has 0 amide bonds. The van der Waals surface area contributed by atoms with Crippen molar-refractivity contribution in [1.29, 1.82) is 0 Å². The Morgan fingerprint density at radius 1 is 0.964 bits per heavy atom. The molecule has 1 aliphatic carbocycles. The molecule has 3 heteroatoms. The van der Waals surface area contributed by atoms with E-state index in [0.29, 0.717) is 18.8 Å². The molecule has 1 saturated carbocycles. The molecule has 28 heavy (non-hydrogen) atoms. The van der Waals surface area contributed by atoms with E-state index in [1.165, 1.54) is 38.5 Å². The largest absolute Gasteiger partial charge is 0.494 e. The molecule has 0 aliphatic heterocycles. The summed E-state index contributed by atoms with van der Waals surface area (Å²) >= 11 is 0. The zero-order valence-electron chi connectivity index (χ0n) is 17.9. The number of rotatable bonds is 13. The Morgan fingerprint density at radius 3 is 2.29 bits per heavy atom. The summed E-state index contributed by atoms with van der Waals surface area (Å²) in [5, 5.41) is 0. The van der Waals surface area contributed by atoms with E-state index in [9.17, 15) is 9.59 Å². The first-order valence-corrected chi connectivity index (χ1v) is 11.4. The third-order valence-electron chi connectivity index (χ3n) is 6.03. The van der Waals surface area contributed by atoms with Crippen LogP contribution < -0.4 is 4.74 Å². The van der Waals surface area contributed by atoms with Crippen LogP contribution in [0.4, 0.5) is 0 Å². The van der Waals surface area contributed by atoms with Crippen LogP contribution in [0.15, 0.2) is 24.3 Å². The van der Waals surface area contributed by atoms with Gasteiger partial charge >= 0.3 is 0 Å². The SMILES string of the molecule is CCCCCCCCCOc1ccc(CC(=O)C2CCC(CC)CC2=O)cc1. The summed E-state index contributed by atoms with van der Waals surface area (Å²) in [5.74, 6) is 1.19. The average molecular weight is 387 g/mol. The van der Waals surface area contributed by atoms with Crippen LogP contribution in [-0.4, -0.2) is 18.2 Å². The Hall–Kier alpha value is -1.64. The number of Topliss-reactive ketones (excluding diaryl/α,β-unsaturated/α-hetero) is 2. The van der Waals surface area contributed by atoms with Crippen molar-refractivity contribution < 1.29 is 14.3 Å². The van der Waals surface area contributed by atoms with Crippen LogP contribution >= 0.6 is 0 Å². The number of hydrogen-bond donors (Lipinski definition) is 0. The van der Waals surface area contributed by atoms with Crippen molar-refractivity contribution in [3.8, 4) is 5.75 Å². The van der Waals surface area contributed by atoms with E-state index in [-0.39, 0.29) is 17.5 Å². The Morgan fingerprint density at radius 2 is 1.64 bits per heavy atom. The number of ketones is 2. The summed E-state index contributed by atoms with van der Waals surface area (Å²) in [6.07, 6.45) is 12.6. The van der Waals surface area contributed by atoms with Gasteiger partial charge in [0.05, 0.1) is 12.5 Å². The molecule has 1 fully saturated rings. The maximum atomic E-state index is 12.5. The van der Waals surface area contributed by atoms with Gasteiger partial charge in [0, 0.05) is 12.8 Å². The lowest BCUT2D eigenvalue weighted by Crippen LogP contribution is -2.31. The van der Waals surface area contributed by atoms with Crippen molar-refractivity contribution in [1.82, 2.24) is 0 Å². The van der Waals surface area contributed by atoms with Crippen LogP contribution in [0.1, 0.15) is 90.0 Å². The highest BCUT2D eigenvalue weighted by Gasteiger charge is 2.32. The fourth-order valence-corrected chi connectivity index (χ4v) is 4.06. The molecule has 0 heterocycles. The van der Waals surface area contributed by atoms with Crippen LogP contribution in [0.2, 0.25) is 0 Å². The van der Waals surface area contributed by atoms with Crippen molar-refractivity contribution in [2.75, 3.05) is 6.61 Å². The van der Waals surface area contributed by atoms with E-state index >= 15 is 0 Å². The van der Waals surface area contributed by atoms with Crippen LogP contribution in [0.25, 0.3) is 0 Å². The van der Waals surface area contributed by atoms with E-state index in [2.05, 4.69) is 13.8 Å². The standard InChI is InChI=1S/C25H38O3/c1-3-5-6-7-8-9-10-17-28-22-14-11-21(12-15-22)19-25(27)23-16-13-20(4-2)18-24(23)26/h11-12,14-15,20,23H,3-10,13,16-19H2,1-2H3. The van der Waals surface area contributed by atoms with Gasteiger partial charge in [0.25, 0.3) is 0 Å². The smallest absolute Gasteiger partial charge is 0.147 e. The molecule has 0 aromatic heterocycles. The molecule has 2 atom stereocenters. The normalized spacial score (nSPS) is 19.6. The molecule has 0 N–H and O–H groups in total. The molecule has 0 radical (unpaired) electrons. The zero-order chi connectivity index (χ0) is 20.2. The second-order valence-electron chi connectivity index (χ2n) is 8.33. The quantitative estimate of drug-likeness (QED) is 0.294. The summed E-state index contributed by atoms with van der Waals surface area (Å²) in [6, 6.07) is 7.81. The fraction of sp³-hybridized carbons (Fsp3) is 0.680. The average Bonchev–Trinajstić information content (AvgIpc) is 2.71. The van der Waals surface area contributed by atoms with Crippen molar-refractivity contribution in [2.24, 2.45) is 11.8 Å². The van der Waals surface area contributed by atoms with Crippen LogP contribution in [-0.2, 0) is 16.0 Å². The second-order valence-corrected chi connectivity index (χ2v) is 8.33. The molecular weight excluding hydrogens is 348 g/mol. The lowest BCUT2D eigenvalue weighted by Gasteiger charge is -2.25. The number of hydrogen-bond acceptors (Lipinski definition) is 3. The Balaban J connectivity index is 1.66. The molecule has 2 unspecified atom stereocenters. The summed E-state index contributed by atoms with van der Waals surface area (Å²) in [7, 11) is 0. The molecule has 156 valence electrons. The minimum atomic E-state index is -0.379. The van der Waals surface area contributed by atoms with E-state index in [1.807, 2.05) is 24.3 Å². The maximum Gasteiger partial charge on any atom is 0.147 e. The molecule has 0 spiro atoms. The van der Waals surface area contributed by atoms with Gasteiger partial charge in [0.2, 0.25) is 0 Å². The second kappa shape index (κ2) is 12.7. The van der Waals surface area contributed by atoms with Gasteiger partial charge in [-0.25, -0.2) is 0 Å². The topological polar surface area (TPSA) is 43.4 Å². The molecule has 1 aliphatic rings. The first-order chi connectivity index (χ1) is 13.6. The first-order valence-electron chi connectivity index (χ1n) is 11.4. The van der Waals surface area contributed by atoms with Gasteiger partial charge in [-0.2, -0.15) is 0 Å². The van der Waals surface area contributed by atoms with Crippen molar-refractivity contribution in [2.45, 2.75) is 90.9 Å². The minimum Gasteiger partial charge on any atom is -0.494 e. The van der Waals surface area contributed by atoms with Crippen molar-refractivity contribution in [3.63, 3.8) is 0 Å². The molecule has 0 saturated heterocycles. The Labute approximate surface area is 171 Å². The lowest BCUT2D eigenvalue weighted by molar-refractivity contribution is -0.135. The molecule has 1 aromatic rings. The van der Waals surface area contributed by atoms with Crippen LogP contribution in [0.5, 0.6) is 5.75 Å². The van der Waals surface area contributed by atoms with Crippen LogP contribution in [0, 0.1) is 11.8 Å². The third kappa shape index (κ3) is 7.77. The lowest BCUT2D eigenvalue weighted by atomic mass is 9.77. The maximum absolute atomic E-state index is 12.5. The Bertz CT molecular complexity index is 590. The number of unbranched alkanes of at least 4 members (excludes halogenated alkanes) is 6. The number of carbonyl (C=O) groups is 2. The summed E-state index contributed by atoms with van der Waals surface area (Å²) in [4.78, 5) is 24.8. The summed E-state index contributed by atoms with van der Waals surface area (Å²) in [5.41, 5.74) is 0.971. The predicted molar refractivity (Wildman–Crippen MR) is 115 cm³/mol. The molecular formula is C25H38O3. The fourth-order valence-electron chi connectivity index (χ4n) is 4.06. The number of ether oxygens (including phenoxy) is 1. The van der Waals surface area contributed by atoms with E-state index < -0.39 is 0 Å². The van der Waals surface area contributed by atoms with Gasteiger partial charge in [-0.15, -0.1) is 0 Å². The monoisotopic (exact) mass is 386 g/mol. The van der Waals surface area contributed by atoms with Crippen molar-refractivity contribution >= 4 is 11.6 Å². The third-order valence-corrected chi connectivity index (χ3v) is 6.03. The van der Waals surface area contributed by atoms with Gasteiger partial charge in [0.1, 0.15) is 17.3 Å². The number of benzene rings is 1. The number of carbonyl (C=O) groups excluding carboxylic acids is 2. The van der Waals surface area contributed by atoms with Crippen molar-refractivity contribution in [3.05, 3.63) is 29.8 Å². The minimum absolute atomic E-state index is 0.0799. The highest BCUT2D eigenvalue weighted by atomic mass is 16.5. The van der Waals surface area contributed by atoms with Crippen LogP contribution in [0.3, 0.4) is 0 Å². The van der Waals surface area contributed by atoms with Gasteiger partial charge in [-0.1, -0.05) is 70.9 Å². The first kappa shape index (κ1) is 22.6. The molecule has 1 aromatic carbocycles.